The van der Waals surface area contributed by atoms with Crippen molar-refractivity contribution in [3.05, 3.63) is 56.6 Å². The third-order valence-corrected chi connectivity index (χ3v) is 4.64. The molecule has 2 amide bonds. The molecule has 1 aromatic carbocycles. The average Bonchev–Trinajstić information content (AvgIpc) is 3.20. The van der Waals surface area contributed by atoms with Gasteiger partial charge in [0.1, 0.15) is 5.54 Å². The first-order chi connectivity index (χ1) is 11.8. The van der Waals surface area contributed by atoms with Crippen molar-refractivity contribution in [2.75, 3.05) is 0 Å². The highest BCUT2D eigenvalue weighted by Gasteiger charge is 2.29. The number of nitrogens with one attached hydrogen (secondary N) is 4. The van der Waals surface area contributed by atoms with E-state index in [1.807, 2.05) is 11.4 Å². The Balaban J connectivity index is 1.63. The van der Waals surface area contributed by atoms with Gasteiger partial charge in [-0.3, -0.25) is 9.59 Å². The van der Waals surface area contributed by atoms with Crippen LogP contribution in [-0.4, -0.2) is 27.3 Å². The van der Waals surface area contributed by atoms with Crippen molar-refractivity contribution in [2.45, 2.75) is 25.9 Å². The second-order valence-corrected chi connectivity index (χ2v) is 7.15. The van der Waals surface area contributed by atoms with Crippen LogP contribution >= 0.6 is 11.3 Å². The summed E-state index contributed by atoms with van der Waals surface area (Å²) in [5.74, 6) is -0.568. The van der Waals surface area contributed by atoms with E-state index in [2.05, 4.69) is 20.6 Å². The second kappa shape index (κ2) is 6.56. The van der Waals surface area contributed by atoms with Crippen molar-refractivity contribution in [1.29, 1.82) is 0 Å². The number of hydrogen-bond acceptors (Lipinski definition) is 4. The molecule has 0 bridgehead atoms. The van der Waals surface area contributed by atoms with Gasteiger partial charge in [0.25, 0.3) is 5.91 Å². The molecule has 8 heteroatoms. The molecular weight excluding hydrogens is 340 g/mol. The van der Waals surface area contributed by atoms with Gasteiger partial charge in [0, 0.05) is 6.54 Å². The fourth-order valence-electron chi connectivity index (χ4n) is 2.40. The van der Waals surface area contributed by atoms with Crippen molar-refractivity contribution >= 4 is 34.2 Å². The summed E-state index contributed by atoms with van der Waals surface area (Å²) in [7, 11) is 0. The van der Waals surface area contributed by atoms with E-state index < -0.39 is 5.54 Å². The van der Waals surface area contributed by atoms with Gasteiger partial charge in [0.2, 0.25) is 5.91 Å². The summed E-state index contributed by atoms with van der Waals surface area (Å²) in [6, 6.07) is 8.89. The number of carbonyl (C=O) groups is 2. The number of aromatic amines is 2. The highest BCUT2D eigenvalue weighted by atomic mass is 32.1. The Morgan fingerprint density at radius 1 is 1.16 bits per heavy atom. The van der Waals surface area contributed by atoms with Crippen LogP contribution in [0.3, 0.4) is 0 Å². The number of thiophene rings is 1. The molecule has 0 saturated heterocycles. The molecule has 0 aliphatic rings. The number of imidazole rings is 1. The van der Waals surface area contributed by atoms with Crippen LogP contribution in [-0.2, 0) is 11.3 Å². The topological polar surface area (TPSA) is 107 Å². The van der Waals surface area contributed by atoms with Crippen molar-refractivity contribution in [2.24, 2.45) is 0 Å². The molecule has 0 unspecified atom stereocenters. The average molecular weight is 358 g/mol. The number of H-pyrrole nitrogens is 2. The SMILES string of the molecule is CC(C)(NC(=O)c1cccs1)C(=O)NCc1ccc2[nH]c(=O)[nH]c2c1. The third kappa shape index (κ3) is 3.80. The van der Waals surface area contributed by atoms with Crippen molar-refractivity contribution in [1.82, 2.24) is 20.6 Å². The van der Waals surface area contributed by atoms with Gasteiger partial charge in [-0.25, -0.2) is 4.79 Å². The molecule has 2 aromatic heterocycles. The standard InChI is InChI=1S/C17H18N4O3S/c1-17(2,21-14(22)13-4-3-7-25-13)15(23)18-9-10-5-6-11-12(8-10)20-16(24)19-11/h3-8H,9H2,1-2H3,(H,18,23)(H,21,22)(H2,19,20,24). The van der Waals surface area contributed by atoms with Gasteiger partial charge in [-0.05, 0) is 43.0 Å². The molecule has 0 aliphatic carbocycles. The maximum Gasteiger partial charge on any atom is 0.323 e. The van der Waals surface area contributed by atoms with Gasteiger partial charge in [-0.1, -0.05) is 12.1 Å². The van der Waals surface area contributed by atoms with Crippen molar-refractivity contribution < 1.29 is 9.59 Å². The van der Waals surface area contributed by atoms with Gasteiger partial charge in [-0.2, -0.15) is 0 Å². The molecule has 3 rings (SSSR count). The van der Waals surface area contributed by atoms with Crippen LogP contribution in [0.1, 0.15) is 29.1 Å². The fourth-order valence-corrected chi connectivity index (χ4v) is 3.02. The van der Waals surface area contributed by atoms with Crippen molar-refractivity contribution in [3.63, 3.8) is 0 Å². The summed E-state index contributed by atoms with van der Waals surface area (Å²) >= 11 is 1.32. The van der Waals surface area contributed by atoms with Gasteiger partial charge in [-0.15, -0.1) is 11.3 Å². The summed E-state index contributed by atoms with van der Waals surface area (Å²) in [5, 5.41) is 7.35. The summed E-state index contributed by atoms with van der Waals surface area (Å²) in [6.07, 6.45) is 0. The predicted molar refractivity (Wildman–Crippen MR) is 96.6 cm³/mol. The molecule has 3 aromatic rings. The van der Waals surface area contributed by atoms with Crippen LogP contribution in [0.4, 0.5) is 0 Å². The Kier molecular flexibility index (Phi) is 4.45. The summed E-state index contributed by atoms with van der Waals surface area (Å²) < 4.78 is 0. The number of aromatic nitrogens is 2. The van der Waals surface area contributed by atoms with Gasteiger partial charge in [0.15, 0.2) is 0 Å². The van der Waals surface area contributed by atoms with Crippen molar-refractivity contribution in [3.8, 4) is 0 Å². The molecule has 25 heavy (non-hydrogen) atoms. The Bertz CT molecular complexity index is 969. The van der Waals surface area contributed by atoms with Crippen LogP contribution in [0.15, 0.2) is 40.5 Å². The van der Waals surface area contributed by atoms with E-state index in [0.29, 0.717) is 22.5 Å². The number of fused-ring (bicyclic) bond motifs is 1. The number of amides is 2. The van der Waals surface area contributed by atoms with E-state index >= 15 is 0 Å². The number of benzene rings is 1. The molecule has 7 nitrogen and oxygen atoms in total. The third-order valence-electron chi connectivity index (χ3n) is 3.77. The molecule has 4 N–H and O–H groups in total. The molecule has 0 atom stereocenters. The van der Waals surface area contributed by atoms with E-state index in [4.69, 9.17) is 0 Å². The maximum atomic E-state index is 12.4. The lowest BCUT2D eigenvalue weighted by Gasteiger charge is -2.25. The number of hydrogen-bond donors (Lipinski definition) is 4. The highest BCUT2D eigenvalue weighted by molar-refractivity contribution is 7.12. The largest absolute Gasteiger partial charge is 0.350 e. The molecule has 2 heterocycles. The summed E-state index contributed by atoms with van der Waals surface area (Å²) in [6.45, 7) is 3.60. The van der Waals surface area contributed by atoms with Crippen LogP contribution < -0.4 is 16.3 Å². The first kappa shape index (κ1) is 17.0. The van der Waals surface area contributed by atoms with E-state index in [0.717, 1.165) is 5.56 Å². The van der Waals surface area contributed by atoms with Crippen LogP contribution in [0.5, 0.6) is 0 Å². The zero-order valence-electron chi connectivity index (χ0n) is 13.8. The number of carbonyl (C=O) groups excluding carboxylic acids is 2. The molecule has 0 radical (unpaired) electrons. The van der Waals surface area contributed by atoms with E-state index in [9.17, 15) is 14.4 Å². The summed E-state index contributed by atoms with van der Waals surface area (Å²) in [5.41, 5.74) is 0.920. The highest BCUT2D eigenvalue weighted by Crippen LogP contribution is 2.13. The Labute approximate surface area is 147 Å². The van der Waals surface area contributed by atoms with Gasteiger partial charge in [0.05, 0.1) is 15.9 Å². The lowest BCUT2D eigenvalue weighted by atomic mass is 10.0. The lowest BCUT2D eigenvalue weighted by Crippen LogP contribution is -2.54. The summed E-state index contributed by atoms with van der Waals surface area (Å²) in [4.78, 5) is 41.7. The molecule has 130 valence electrons. The van der Waals surface area contributed by atoms with Gasteiger partial charge < -0.3 is 20.6 Å². The lowest BCUT2D eigenvalue weighted by molar-refractivity contribution is -0.126. The normalized spacial score (nSPS) is 11.4. The molecule has 0 spiro atoms. The first-order valence-corrected chi connectivity index (χ1v) is 8.58. The van der Waals surface area contributed by atoms with E-state index in [1.165, 1.54) is 11.3 Å². The minimum absolute atomic E-state index is 0.270. The molecular formula is C17H18N4O3S. The zero-order valence-corrected chi connectivity index (χ0v) is 14.6. The monoisotopic (exact) mass is 358 g/mol. The van der Waals surface area contributed by atoms with Gasteiger partial charge >= 0.3 is 5.69 Å². The fraction of sp³-hybridized carbons (Fsp3) is 0.235. The molecule has 0 saturated carbocycles. The number of rotatable bonds is 5. The van der Waals surface area contributed by atoms with E-state index in [-0.39, 0.29) is 17.5 Å². The minimum atomic E-state index is -1.05. The smallest absolute Gasteiger partial charge is 0.323 e. The quantitative estimate of drug-likeness (QED) is 0.558. The second-order valence-electron chi connectivity index (χ2n) is 6.20. The van der Waals surface area contributed by atoms with Crippen LogP contribution in [0.2, 0.25) is 0 Å². The molecule has 0 fully saturated rings. The van der Waals surface area contributed by atoms with E-state index in [1.54, 1.807) is 38.1 Å². The Hall–Kier alpha value is -2.87. The van der Waals surface area contributed by atoms with Crippen LogP contribution in [0.25, 0.3) is 11.0 Å². The minimum Gasteiger partial charge on any atom is -0.350 e. The predicted octanol–water partition coefficient (Wildman–Crippen LogP) is 1.74. The van der Waals surface area contributed by atoms with Crippen LogP contribution in [0, 0.1) is 0 Å². The Morgan fingerprint density at radius 3 is 2.64 bits per heavy atom. The first-order valence-electron chi connectivity index (χ1n) is 7.70. The zero-order chi connectivity index (χ0) is 18.0. The Morgan fingerprint density at radius 2 is 1.92 bits per heavy atom. The maximum absolute atomic E-state index is 12.4. The molecule has 0 aliphatic heterocycles.